The lowest BCUT2D eigenvalue weighted by Crippen LogP contribution is -2.30. The second kappa shape index (κ2) is 55.0. The first-order chi connectivity index (χ1) is 32.5. The van der Waals surface area contributed by atoms with E-state index in [0.29, 0.717) is 19.3 Å². The van der Waals surface area contributed by atoms with Crippen LogP contribution in [-0.2, 0) is 28.6 Å². The first kappa shape index (κ1) is 63.4. The van der Waals surface area contributed by atoms with Crippen molar-refractivity contribution < 1.29 is 28.6 Å². The van der Waals surface area contributed by atoms with Gasteiger partial charge in [0.2, 0.25) is 0 Å². The zero-order valence-electron chi connectivity index (χ0n) is 44.0. The minimum absolute atomic E-state index is 0.0790. The smallest absolute Gasteiger partial charge is 0.306 e. The van der Waals surface area contributed by atoms with Crippen molar-refractivity contribution in [3.63, 3.8) is 0 Å². The molecule has 0 N–H and O–H groups in total. The lowest BCUT2D eigenvalue weighted by molar-refractivity contribution is -0.167. The quantitative estimate of drug-likeness (QED) is 0.0262. The Morgan fingerprint density at radius 3 is 0.924 bits per heavy atom. The molecule has 66 heavy (non-hydrogen) atoms. The van der Waals surface area contributed by atoms with Crippen molar-refractivity contribution in [3.05, 3.63) is 48.6 Å². The van der Waals surface area contributed by atoms with E-state index in [2.05, 4.69) is 69.4 Å². The summed E-state index contributed by atoms with van der Waals surface area (Å²) in [5.41, 5.74) is 0. The van der Waals surface area contributed by atoms with Crippen molar-refractivity contribution in [2.45, 2.75) is 303 Å². The molecule has 6 heteroatoms. The molecule has 6 nitrogen and oxygen atoms in total. The third-order valence-corrected chi connectivity index (χ3v) is 12.6. The number of carbonyl (C=O) groups excluding carboxylic acids is 3. The first-order valence-electron chi connectivity index (χ1n) is 28.6. The van der Waals surface area contributed by atoms with Crippen LogP contribution in [0.4, 0.5) is 0 Å². The molecule has 0 rings (SSSR count). The van der Waals surface area contributed by atoms with E-state index in [4.69, 9.17) is 14.2 Å². The summed E-state index contributed by atoms with van der Waals surface area (Å²) in [5.74, 6) is -0.889. The van der Waals surface area contributed by atoms with Crippen molar-refractivity contribution in [1.82, 2.24) is 0 Å². The van der Waals surface area contributed by atoms with Gasteiger partial charge in [-0.15, -0.1) is 0 Å². The third kappa shape index (κ3) is 52.3. The van der Waals surface area contributed by atoms with Crippen LogP contribution in [0.5, 0.6) is 0 Å². The summed E-state index contributed by atoms with van der Waals surface area (Å²) in [6, 6.07) is 0. The summed E-state index contributed by atoms with van der Waals surface area (Å²) >= 11 is 0. The van der Waals surface area contributed by atoms with Gasteiger partial charge in [-0.05, 0) is 57.8 Å². The maximum absolute atomic E-state index is 12.8. The standard InChI is InChI=1S/C60H108O6/c1-4-7-10-13-16-19-22-24-26-28-29-30-32-33-35-38-41-44-47-50-53-59(62)65-56-57(55-64-58(61)52-49-46-43-40-37-21-18-15-12-9-6-3)66-60(63)54-51-48-45-42-39-36-34-31-27-25-23-20-17-14-11-8-5-2/h8,11,17,20,25,27,34,36,57H,4-7,9-10,12-16,18-19,21-24,26,28-33,35,37-56H2,1-3H3/b11-8-,20-17-,27-25-,36-34-. The van der Waals surface area contributed by atoms with Crippen LogP contribution in [0.15, 0.2) is 48.6 Å². The number of hydrogen-bond donors (Lipinski definition) is 0. The minimum atomic E-state index is -0.782. The fourth-order valence-electron chi connectivity index (χ4n) is 8.32. The number of rotatable bonds is 52. The molecule has 0 aliphatic rings. The molecule has 0 aliphatic carbocycles. The van der Waals surface area contributed by atoms with Gasteiger partial charge in [0.15, 0.2) is 6.10 Å². The topological polar surface area (TPSA) is 78.9 Å². The molecule has 384 valence electrons. The van der Waals surface area contributed by atoms with Gasteiger partial charge in [0.05, 0.1) is 0 Å². The summed E-state index contributed by atoms with van der Waals surface area (Å²) in [6.45, 7) is 6.54. The van der Waals surface area contributed by atoms with Gasteiger partial charge in [-0.3, -0.25) is 14.4 Å². The highest BCUT2D eigenvalue weighted by molar-refractivity contribution is 5.71. The SMILES string of the molecule is CC/C=C\C/C=C\C/C=C\C/C=C\CCCCCCC(=O)OC(COC(=O)CCCCCCCCCCCCC)COC(=O)CCCCCCCCCCCCCCCCCCCCCC. The number of hydrogen-bond acceptors (Lipinski definition) is 6. The molecule has 0 amide bonds. The molecule has 0 spiro atoms. The Bertz CT molecular complexity index is 1150. The Labute approximate surface area is 409 Å². The highest BCUT2D eigenvalue weighted by Crippen LogP contribution is 2.17. The van der Waals surface area contributed by atoms with E-state index in [1.165, 1.54) is 161 Å². The summed E-state index contributed by atoms with van der Waals surface area (Å²) in [5, 5.41) is 0. The zero-order valence-corrected chi connectivity index (χ0v) is 44.0. The van der Waals surface area contributed by atoms with Crippen LogP contribution in [0.1, 0.15) is 297 Å². The third-order valence-electron chi connectivity index (χ3n) is 12.6. The first-order valence-corrected chi connectivity index (χ1v) is 28.6. The number of ether oxygens (including phenoxy) is 3. The summed E-state index contributed by atoms with van der Waals surface area (Å²) in [7, 11) is 0. The molecule has 0 saturated heterocycles. The Kier molecular flexibility index (Phi) is 52.8. The van der Waals surface area contributed by atoms with Gasteiger partial charge in [0.25, 0.3) is 0 Å². The van der Waals surface area contributed by atoms with Crippen LogP contribution >= 0.6 is 0 Å². The average molecular weight is 926 g/mol. The molecule has 1 unspecified atom stereocenters. The van der Waals surface area contributed by atoms with E-state index >= 15 is 0 Å². The van der Waals surface area contributed by atoms with Crippen molar-refractivity contribution in [1.29, 1.82) is 0 Å². The molecule has 0 aromatic heterocycles. The molecule has 1 atom stereocenters. The normalized spacial score (nSPS) is 12.3. The molecule has 0 fully saturated rings. The fraction of sp³-hybridized carbons (Fsp3) is 0.817. The van der Waals surface area contributed by atoms with E-state index in [9.17, 15) is 14.4 Å². The molecule has 0 aromatic carbocycles. The van der Waals surface area contributed by atoms with E-state index in [1.54, 1.807) is 0 Å². The van der Waals surface area contributed by atoms with Crippen LogP contribution in [0.2, 0.25) is 0 Å². The van der Waals surface area contributed by atoms with Crippen molar-refractivity contribution >= 4 is 17.9 Å². The van der Waals surface area contributed by atoms with Gasteiger partial charge in [-0.2, -0.15) is 0 Å². The highest BCUT2D eigenvalue weighted by atomic mass is 16.6. The Hall–Kier alpha value is -2.63. The lowest BCUT2D eigenvalue weighted by Gasteiger charge is -2.18. The highest BCUT2D eigenvalue weighted by Gasteiger charge is 2.19. The summed E-state index contributed by atoms with van der Waals surface area (Å²) in [4.78, 5) is 38.1. The molecule has 0 bridgehead atoms. The van der Waals surface area contributed by atoms with Crippen LogP contribution in [-0.4, -0.2) is 37.2 Å². The maximum Gasteiger partial charge on any atom is 0.306 e. The molecular formula is C60H108O6. The largest absolute Gasteiger partial charge is 0.462 e. The summed E-state index contributed by atoms with van der Waals surface area (Å²) < 4.78 is 16.8. The van der Waals surface area contributed by atoms with Gasteiger partial charge in [0.1, 0.15) is 13.2 Å². The maximum atomic E-state index is 12.8. The van der Waals surface area contributed by atoms with Gasteiger partial charge >= 0.3 is 17.9 Å². The van der Waals surface area contributed by atoms with Crippen LogP contribution in [0, 0.1) is 0 Å². The molecule has 0 aromatic rings. The van der Waals surface area contributed by atoms with E-state index < -0.39 is 6.10 Å². The molecular weight excluding hydrogens is 817 g/mol. The van der Waals surface area contributed by atoms with Crippen LogP contribution in [0.3, 0.4) is 0 Å². The van der Waals surface area contributed by atoms with E-state index in [1.807, 2.05) is 0 Å². The van der Waals surface area contributed by atoms with Gasteiger partial charge in [-0.1, -0.05) is 268 Å². The Morgan fingerprint density at radius 2 is 0.591 bits per heavy atom. The molecule has 0 saturated carbocycles. The minimum Gasteiger partial charge on any atom is -0.462 e. The van der Waals surface area contributed by atoms with Gasteiger partial charge < -0.3 is 14.2 Å². The number of allylic oxidation sites excluding steroid dienone is 8. The Balaban J connectivity index is 4.32. The molecule has 0 radical (unpaired) electrons. The predicted octanol–water partition coefficient (Wildman–Crippen LogP) is 19.0. The average Bonchev–Trinajstić information content (AvgIpc) is 3.31. The van der Waals surface area contributed by atoms with Crippen LogP contribution in [0.25, 0.3) is 0 Å². The Morgan fingerprint density at radius 1 is 0.318 bits per heavy atom. The van der Waals surface area contributed by atoms with E-state index in [0.717, 1.165) is 96.3 Å². The molecule has 0 aliphatic heterocycles. The number of unbranched alkanes of at least 4 members (excludes halogenated alkanes) is 33. The fourth-order valence-corrected chi connectivity index (χ4v) is 8.32. The number of carbonyl (C=O) groups is 3. The lowest BCUT2D eigenvalue weighted by atomic mass is 10.0. The van der Waals surface area contributed by atoms with Gasteiger partial charge in [-0.25, -0.2) is 0 Å². The van der Waals surface area contributed by atoms with E-state index in [-0.39, 0.29) is 31.1 Å². The van der Waals surface area contributed by atoms with Crippen molar-refractivity contribution in [2.24, 2.45) is 0 Å². The second-order valence-corrected chi connectivity index (χ2v) is 19.2. The van der Waals surface area contributed by atoms with Gasteiger partial charge in [0, 0.05) is 19.3 Å². The van der Waals surface area contributed by atoms with Crippen molar-refractivity contribution in [3.8, 4) is 0 Å². The van der Waals surface area contributed by atoms with Crippen LogP contribution < -0.4 is 0 Å². The molecule has 0 heterocycles. The number of esters is 3. The monoisotopic (exact) mass is 925 g/mol. The predicted molar refractivity (Wildman–Crippen MR) is 284 cm³/mol. The van der Waals surface area contributed by atoms with Crippen molar-refractivity contribution in [2.75, 3.05) is 13.2 Å². The summed E-state index contributed by atoms with van der Waals surface area (Å²) in [6.07, 6.45) is 66.8. The zero-order chi connectivity index (χ0) is 47.9. The second-order valence-electron chi connectivity index (χ2n) is 19.2.